The van der Waals surface area contributed by atoms with E-state index < -0.39 is 0 Å². The standard InChI is InChI=1S/C19H19FN2/c1-11-19(17-9-13(20)6-7-18(17)22-11)16-8-12(10-21)14-4-2-3-5-15(14)16/h2-7,9,12,16,22H,8,10,21H2,1H3. The van der Waals surface area contributed by atoms with Crippen molar-refractivity contribution in [1.82, 2.24) is 4.98 Å². The van der Waals surface area contributed by atoms with E-state index in [1.807, 2.05) is 6.07 Å². The summed E-state index contributed by atoms with van der Waals surface area (Å²) >= 11 is 0. The van der Waals surface area contributed by atoms with Gasteiger partial charge in [0.2, 0.25) is 0 Å². The summed E-state index contributed by atoms with van der Waals surface area (Å²) in [4.78, 5) is 3.40. The second kappa shape index (κ2) is 4.96. The molecule has 0 saturated carbocycles. The summed E-state index contributed by atoms with van der Waals surface area (Å²) in [6, 6.07) is 13.5. The Kier molecular flexibility index (Phi) is 3.05. The molecule has 0 amide bonds. The molecule has 0 radical (unpaired) electrons. The van der Waals surface area contributed by atoms with Crippen molar-refractivity contribution < 1.29 is 4.39 Å². The fraction of sp³-hybridized carbons (Fsp3) is 0.263. The Bertz CT molecular complexity index is 850. The first-order valence-electron chi connectivity index (χ1n) is 7.75. The highest BCUT2D eigenvalue weighted by atomic mass is 19.1. The molecule has 0 bridgehead atoms. The number of halogens is 1. The summed E-state index contributed by atoms with van der Waals surface area (Å²) in [5.41, 5.74) is 12.0. The van der Waals surface area contributed by atoms with Crippen molar-refractivity contribution >= 4 is 10.9 Å². The molecule has 1 heterocycles. The molecule has 3 N–H and O–H groups in total. The van der Waals surface area contributed by atoms with E-state index in [9.17, 15) is 4.39 Å². The van der Waals surface area contributed by atoms with E-state index in [1.54, 1.807) is 6.07 Å². The van der Waals surface area contributed by atoms with Gasteiger partial charge in [-0.05, 0) is 60.7 Å². The number of H-pyrrole nitrogens is 1. The number of rotatable bonds is 2. The molecule has 0 saturated heterocycles. The van der Waals surface area contributed by atoms with Crippen molar-refractivity contribution in [2.75, 3.05) is 6.54 Å². The van der Waals surface area contributed by atoms with Gasteiger partial charge in [0.1, 0.15) is 5.82 Å². The SMILES string of the molecule is Cc1[nH]c2ccc(F)cc2c1C1CC(CN)c2ccccc21. The van der Waals surface area contributed by atoms with E-state index in [1.165, 1.54) is 22.8 Å². The summed E-state index contributed by atoms with van der Waals surface area (Å²) in [7, 11) is 0. The number of hydrogen-bond donors (Lipinski definition) is 2. The molecule has 2 aromatic carbocycles. The lowest BCUT2D eigenvalue weighted by atomic mass is 9.90. The van der Waals surface area contributed by atoms with Gasteiger partial charge in [-0.2, -0.15) is 0 Å². The smallest absolute Gasteiger partial charge is 0.123 e. The minimum Gasteiger partial charge on any atom is -0.358 e. The Labute approximate surface area is 129 Å². The lowest BCUT2D eigenvalue weighted by molar-refractivity contribution is 0.628. The van der Waals surface area contributed by atoms with Gasteiger partial charge in [0.25, 0.3) is 0 Å². The molecule has 2 atom stereocenters. The van der Waals surface area contributed by atoms with Gasteiger partial charge in [-0.3, -0.25) is 0 Å². The van der Waals surface area contributed by atoms with Crippen molar-refractivity contribution in [1.29, 1.82) is 0 Å². The molecule has 22 heavy (non-hydrogen) atoms. The third-order valence-corrected chi connectivity index (χ3v) is 4.96. The van der Waals surface area contributed by atoms with E-state index in [0.29, 0.717) is 18.4 Å². The van der Waals surface area contributed by atoms with Gasteiger partial charge in [-0.1, -0.05) is 24.3 Å². The van der Waals surface area contributed by atoms with E-state index in [4.69, 9.17) is 5.73 Å². The Morgan fingerprint density at radius 2 is 1.95 bits per heavy atom. The van der Waals surface area contributed by atoms with E-state index >= 15 is 0 Å². The summed E-state index contributed by atoms with van der Waals surface area (Å²) in [5, 5.41) is 0.995. The van der Waals surface area contributed by atoms with Gasteiger partial charge in [0, 0.05) is 22.5 Å². The van der Waals surface area contributed by atoms with Crippen molar-refractivity contribution in [2.24, 2.45) is 5.73 Å². The summed E-state index contributed by atoms with van der Waals surface area (Å²) in [6.07, 6.45) is 1.00. The molecule has 1 aliphatic rings. The Hall–Kier alpha value is -2.13. The van der Waals surface area contributed by atoms with Crippen molar-refractivity contribution in [3.8, 4) is 0 Å². The van der Waals surface area contributed by atoms with Gasteiger partial charge in [-0.15, -0.1) is 0 Å². The average Bonchev–Trinajstić information content (AvgIpc) is 3.04. The molecular formula is C19H19FN2. The molecule has 2 unspecified atom stereocenters. The number of aromatic nitrogens is 1. The van der Waals surface area contributed by atoms with Crippen molar-refractivity contribution in [3.63, 3.8) is 0 Å². The molecule has 3 heteroatoms. The van der Waals surface area contributed by atoms with Crippen molar-refractivity contribution in [2.45, 2.75) is 25.2 Å². The highest BCUT2D eigenvalue weighted by Crippen LogP contribution is 2.47. The first kappa shape index (κ1) is 13.5. The highest BCUT2D eigenvalue weighted by molar-refractivity contribution is 5.86. The number of aryl methyl sites for hydroxylation is 1. The molecule has 0 fully saturated rings. The maximum Gasteiger partial charge on any atom is 0.123 e. The zero-order valence-corrected chi connectivity index (χ0v) is 12.6. The van der Waals surface area contributed by atoms with Gasteiger partial charge < -0.3 is 10.7 Å². The first-order valence-corrected chi connectivity index (χ1v) is 7.75. The third-order valence-electron chi connectivity index (χ3n) is 4.96. The number of hydrogen-bond acceptors (Lipinski definition) is 1. The molecule has 0 spiro atoms. The monoisotopic (exact) mass is 294 g/mol. The lowest BCUT2D eigenvalue weighted by Gasteiger charge is -2.13. The highest BCUT2D eigenvalue weighted by Gasteiger charge is 2.33. The molecular weight excluding hydrogens is 275 g/mol. The predicted molar refractivity (Wildman–Crippen MR) is 87.7 cm³/mol. The van der Waals surface area contributed by atoms with Crippen LogP contribution in [-0.2, 0) is 0 Å². The molecule has 1 aliphatic carbocycles. The molecule has 112 valence electrons. The van der Waals surface area contributed by atoms with Crippen LogP contribution in [0, 0.1) is 12.7 Å². The number of benzene rings is 2. The van der Waals surface area contributed by atoms with Gasteiger partial charge >= 0.3 is 0 Å². The maximum atomic E-state index is 13.7. The second-order valence-electron chi connectivity index (χ2n) is 6.20. The summed E-state index contributed by atoms with van der Waals surface area (Å²) < 4.78 is 13.7. The van der Waals surface area contributed by atoms with Crippen LogP contribution in [0.5, 0.6) is 0 Å². The van der Waals surface area contributed by atoms with Gasteiger partial charge in [-0.25, -0.2) is 4.39 Å². The normalized spacial score (nSPS) is 20.5. The number of aromatic amines is 1. The van der Waals surface area contributed by atoms with E-state index in [0.717, 1.165) is 23.0 Å². The van der Waals surface area contributed by atoms with Crippen LogP contribution in [0.25, 0.3) is 10.9 Å². The van der Waals surface area contributed by atoms with Crippen LogP contribution in [-0.4, -0.2) is 11.5 Å². The molecule has 2 nitrogen and oxygen atoms in total. The topological polar surface area (TPSA) is 41.8 Å². The van der Waals surface area contributed by atoms with Crippen LogP contribution >= 0.6 is 0 Å². The average molecular weight is 294 g/mol. The zero-order valence-electron chi connectivity index (χ0n) is 12.6. The Balaban J connectivity index is 1.93. The van der Waals surface area contributed by atoms with E-state index in [2.05, 4.69) is 36.2 Å². The van der Waals surface area contributed by atoms with Gasteiger partial charge in [0.15, 0.2) is 0 Å². The Morgan fingerprint density at radius 1 is 1.18 bits per heavy atom. The summed E-state index contributed by atoms with van der Waals surface area (Å²) in [6.45, 7) is 2.73. The summed E-state index contributed by atoms with van der Waals surface area (Å²) in [5.74, 6) is 0.494. The van der Waals surface area contributed by atoms with Crippen LogP contribution in [0.3, 0.4) is 0 Å². The van der Waals surface area contributed by atoms with Crippen LogP contribution in [0.1, 0.15) is 40.6 Å². The number of nitrogens with one attached hydrogen (secondary N) is 1. The fourth-order valence-electron chi connectivity index (χ4n) is 4.00. The minimum atomic E-state index is -0.186. The Morgan fingerprint density at radius 3 is 2.73 bits per heavy atom. The third kappa shape index (κ3) is 1.89. The molecule has 4 rings (SSSR count). The van der Waals surface area contributed by atoms with E-state index in [-0.39, 0.29) is 5.82 Å². The molecule has 0 aliphatic heterocycles. The second-order valence-corrected chi connectivity index (χ2v) is 6.20. The number of nitrogens with two attached hydrogens (primary N) is 1. The molecule has 1 aromatic heterocycles. The first-order chi connectivity index (χ1) is 10.7. The maximum absolute atomic E-state index is 13.7. The predicted octanol–water partition coefficient (Wildman–Crippen LogP) is 4.19. The van der Waals surface area contributed by atoms with Crippen LogP contribution in [0.15, 0.2) is 42.5 Å². The quantitative estimate of drug-likeness (QED) is 0.731. The largest absolute Gasteiger partial charge is 0.358 e. The van der Waals surface area contributed by atoms with Crippen LogP contribution < -0.4 is 5.73 Å². The number of fused-ring (bicyclic) bond motifs is 2. The van der Waals surface area contributed by atoms with Crippen LogP contribution in [0.4, 0.5) is 4.39 Å². The zero-order chi connectivity index (χ0) is 15.3. The molecule has 3 aromatic rings. The lowest BCUT2D eigenvalue weighted by Crippen LogP contribution is -2.09. The minimum absolute atomic E-state index is 0.186. The fourth-order valence-corrected chi connectivity index (χ4v) is 4.00. The van der Waals surface area contributed by atoms with Crippen LogP contribution in [0.2, 0.25) is 0 Å². The van der Waals surface area contributed by atoms with Gasteiger partial charge in [0.05, 0.1) is 0 Å². The van der Waals surface area contributed by atoms with Crippen molar-refractivity contribution in [3.05, 3.63) is 70.7 Å².